The number of aliphatic imine (C=N–C) groups is 1. The lowest BCUT2D eigenvalue weighted by atomic mass is 10.2. The number of carbonyl (C=O) groups excluding carboxylic acids is 1. The van der Waals surface area contributed by atoms with Gasteiger partial charge in [-0.1, -0.05) is 6.07 Å². The average molecular weight is 334 g/mol. The van der Waals surface area contributed by atoms with Crippen molar-refractivity contribution in [2.45, 2.75) is 0 Å². The molecule has 1 saturated heterocycles. The van der Waals surface area contributed by atoms with Gasteiger partial charge in [0.2, 0.25) is 6.79 Å². The third-order valence-corrected chi connectivity index (χ3v) is 5.57. The van der Waals surface area contributed by atoms with Gasteiger partial charge >= 0.3 is 0 Å². The summed E-state index contributed by atoms with van der Waals surface area (Å²) in [5, 5.41) is 0.831. The Balaban J connectivity index is 1.53. The van der Waals surface area contributed by atoms with E-state index in [4.69, 9.17) is 9.47 Å². The van der Waals surface area contributed by atoms with Crippen LogP contribution in [0.4, 0.5) is 0 Å². The monoisotopic (exact) mass is 334 g/mol. The number of amidine groups is 1. The second-order valence-electron chi connectivity index (χ2n) is 5.02. The zero-order valence-electron chi connectivity index (χ0n) is 11.8. The number of ether oxygens (including phenoxy) is 2. The van der Waals surface area contributed by atoms with Crippen molar-refractivity contribution in [2.24, 2.45) is 4.99 Å². The summed E-state index contributed by atoms with van der Waals surface area (Å²) in [7, 11) is 0. The van der Waals surface area contributed by atoms with Gasteiger partial charge in [0, 0.05) is 24.6 Å². The van der Waals surface area contributed by atoms with E-state index in [-0.39, 0.29) is 12.7 Å². The lowest BCUT2D eigenvalue weighted by Crippen LogP contribution is -2.35. The SMILES string of the molecule is O=C1N=C(N2CCSCC2)S/C1=C/c1ccc2c(c1)OCO2. The largest absolute Gasteiger partial charge is 0.454 e. The molecule has 0 bridgehead atoms. The van der Waals surface area contributed by atoms with Crippen molar-refractivity contribution in [1.29, 1.82) is 0 Å². The van der Waals surface area contributed by atoms with E-state index in [2.05, 4.69) is 9.89 Å². The zero-order chi connectivity index (χ0) is 14.9. The van der Waals surface area contributed by atoms with Crippen molar-refractivity contribution in [3.05, 3.63) is 28.7 Å². The van der Waals surface area contributed by atoms with Crippen LogP contribution in [0.1, 0.15) is 5.56 Å². The van der Waals surface area contributed by atoms with E-state index in [1.807, 2.05) is 36.0 Å². The topological polar surface area (TPSA) is 51.1 Å². The van der Waals surface area contributed by atoms with Crippen LogP contribution in [0.25, 0.3) is 6.08 Å². The second kappa shape index (κ2) is 5.89. The Hall–Kier alpha value is -1.60. The normalized spacial score (nSPS) is 22.4. The third-order valence-electron chi connectivity index (χ3n) is 3.59. The van der Waals surface area contributed by atoms with Crippen LogP contribution in [0, 0.1) is 0 Å². The first-order valence-electron chi connectivity index (χ1n) is 7.04. The number of hydrogen-bond donors (Lipinski definition) is 0. The van der Waals surface area contributed by atoms with Gasteiger partial charge in [0.1, 0.15) is 0 Å². The first-order chi connectivity index (χ1) is 10.8. The van der Waals surface area contributed by atoms with Gasteiger partial charge < -0.3 is 14.4 Å². The van der Waals surface area contributed by atoms with E-state index in [1.165, 1.54) is 11.8 Å². The highest BCUT2D eigenvalue weighted by molar-refractivity contribution is 8.18. The van der Waals surface area contributed by atoms with Crippen LogP contribution < -0.4 is 9.47 Å². The summed E-state index contributed by atoms with van der Waals surface area (Å²) in [6, 6.07) is 5.67. The number of thioether (sulfide) groups is 2. The molecule has 3 heterocycles. The minimum Gasteiger partial charge on any atom is -0.454 e. The summed E-state index contributed by atoms with van der Waals surface area (Å²) in [4.78, 5) is 19.1. The molecule has 1 fully saturated rings. The molecule has 7 heteroatoms. The van der Waals surface area contributed by atoms with Gasteiger partial charge in [-0.05, 0) is 35.5 Å². The molecule has 3 aliphatic heterocycles. The van der Waals surface area contributed by atoms with Crippen LogP contribution in [0.5, 0.6) is 11.5 Å². The van der Waals surface area contributed by atoms with Gasteiger partial charge in [-0.25, -0.2) is 0 Å². The van der Waals surface area contributed by atoms with E-state index >= 15 is 0 Å². The highest BCUT2D eigenvalue weighted by atomic mass is 32.2. The Kier molecular flexibility index (Phi) is 3.75. The van der Waals surface area contributed by atoms with Gasteiger partial charge in [-0.2, -0.15) is 16.8 Å². The average Bonchev–Trinajstić information content (AvgIpc) is 3.15. The molecule has 0 aliphatic carbocycles. The summed E-state index contributed by atoms with van der Waals surface area (Å²) in [6.07, 6.45) is 1.87. The number of amides is 1. The maximum Gasteiger partial charge on any atom is 0.286 e. The maximum absolute atomic E-state index is 12.1. The molecule has 0 atom stereocenters. The highest BCUT2D eigenvalue weighted by Gasteiger charge is 2.27. The molecule has 114 valence electrons. The summed E-state index contributed by atoms with van der Waals surface area (Å²) in [6.45, 7) is 2.17. The van der Waals surface area contributed by atoms with E-state index < -0.39 is 0 Å². The Bertz CT molecular complexity index is 681. The summed E-state index contributed by atoms with van der Waals surface area (Å²) >= 11 is 3.40. The van der Waals surface area contributed by atoms with Crippen LogP contribution in [0.15, 0.2) is 28.1 Å². The van der Waals surface area contributed by atoms with Crippen LogP contribution in [0.2, 0.25) is 0 Å². The molecule has 0 radical (unpaired) electrons. The lowest BCUT2D eigenvalue weighted by Gasteiger charge is -2.26. The second-order valence-corrected chi connectivity index (χ2v) is 7.26. The van der Waals surface area contributed by atoms with E-state index in [0.29, 0.717) is 4.91 Å². The molecule has 4 rings (SSSR count). The molecule has 0 unspecified atom stereocenters. The minimum absolute atomic E-state index is 0.157. The lowest BCUT2D eigenvalue weighted by molar-refractivity contribution is -0.113. The Morgan fingerprint density at radius 3 is 2.86 bits per heavy atom. The maximum atomic E-state index is 12.1. The smallest absolute Gasteiger partial charge is 0.286 e. The fourth-order valence-electron chi connectivity index (χ4n) is 2.44. The van der Waals surface area contributed by atoms with E-state index in [9.17, 15) is 4.79 Å². The summed E-state index contributed by atoms with van der Waals surface area (Å²) in [5.74, 6) is 3.49. The number of nitrogens with zero attached hydrogens (tertiary/aromatic N) is 2. The van der Waals surface area contributed by atoms with Crippen LogP contribution in [-0.2, 0) is 4.79 Å². The van der Waals surface area contributed by atoms with Crippen LogP contribution >= 0.6 is 23.5 Å². The van der Waals surface area contributed by atoms with Crippen LogP contribution in [0.3, 0.4) is 0 Å². The van der Waals surface area contributed by atoms with Crippen molar-refractivity contribution in [1.82, 2.24) is 4.90 Å². The van der Waals surface area contributed by atoms with Crippen LogP contribution in [-0.4, -0.2) is 47.4 Å². The van der Waals surface area contributed by atoms with Crippen molar-refractivity contribution >= 4 is 40.7 Å². The number of carbonyl (C=O) groups is 1. The molecule has 22 heavy (non-hydrogen) atoms. The minimum atomic E-state index is -0.157. The predicted molar refractivity (Wildman–Crippen MR) is 89.5 cm³/mol. The first kappa shape index (κ1) is 14.0. The molecule has 1 aromatic rings. The molecule has 0 saturated carbocycles. The molecule has 5 nitrogen and oxygen atoms in total. The summed E-state index contributed by atoms with van der Waals surface area (Å²) < 4.78 is 10.7. The molecule has 0 spiro atoms. The van der Waals surface area contributed by atoms with Gasteiger partial charge in [0.15, 0.2) is 16.7 Å². The fourth-order valence-corrected chi connectivity index (χ4v) is 4.31. The van der Waals surface area contributed by atoms with E-state index in [1.54, 1.807) is 0 Å². The number of fused-ring (bicyclic) bond motifs is 1. The van der Waals surface area contributed by atoms with E-state index in [0.717, 1.165) is 46.8 Å². The highest BCUT2D eigenvalue weighted by Crippen LogP contribution is 2.35. The molecule has 0 N–H and O–H groups in total. The number of hydrogen-bond acceptors (Lipinski definition) is 6. The summed E-state index contributed by atoms with van der Waals surface area (Å²) in [5.41, 5.74) is 0.922. The Morgan fingerprint density at radius 1 is 1.18 bits per heavy atom. The fraction of sp³-hybridized carbons (Fsp3) is 0.333. The zero-order valence-corrected chi connectivity index (χ0v) is 13.4. The molecular formula is C15H14N2O3S2. The first-order valence-corrected chi connectivity index (χ1v) is 9.02. The number of benzene rings is 1. The molecule has 1 aromatic carbocycles. The molecule has 1 amide bonds. The quantitative estimate of drug-likeness (QED) is 0.735. The van der Waals surface area contributed by atoms with Crippen molar-refractivity contribution < 1.29 is 14.3 Å². The van der Waals surface area contributed by atoms with Crippen molar-refractivity contribution in [3.8, 4) is 11.5 Å². The molecule has 0 aromatic heterocycles. The number of rotatable bonds is 1. The van der Waals surface area contributed by atoms with Gasteiger partial charge in [0.25, 0.3) is 5.91 Å². The molecule has 3 aliphatic rings. The van der Waals surface area contributed by atoms with Gasteiger partial charge in [-0.15, -0.1) is 0 Å². The van der Waals surface area contributed by atoms with Crippen molar-refractivity contribution in [2.75, 3.05) is 31.4 Å². The van der Waals surface area contributed by atoms with Gasteiger partial charge in [-0.3, -0.25) is 4.79 Å². The third kappa shape index (κ3) is 2.70. The van der Waals surface area contributed by atoms with Gasteiger partial charge in [0.05, 0.1) is 4.91 Å². The van der Waals surface area contributed by atoms with Crippen molar-refractivity contribution in [3.63, 3.8) is 0 Å². The predicted octanol–water partition coefficient (Wildman–Crippen LogP) is 2.43. The standard InChI is InChI=1S/C15H14N2O3S2/c18-14-13(22-15(16-14)17-3-5-21-6-4-17)8-10-1-2-11-12(7-10)20-9-19-11/h1-2,7-8H,3-6,9H2/b13-8+. The Morgan fingerprint density at radius 2 is 2.00 bits per heavy atom. The molecular weight excluding hydrogens is 320 g/mol. The Labute approximate surface area is 136 Å².